The van der Waals surface area contributed by atoms with Crippen LogP contribution >= 0.6 is 11.8 Å². The number of aliphatic hydroxyl groups is 1. The van der Waals surface area contributed by atoms with E-state index in [4.69, 9.17) is 9.15 Å². The number of rotatable bonds is 4. The number of esters is 1. The quantitative estimate of drug-likeness (QED) is 0.820. The molecule has 132 valence electrons. The molecule has 1 N–H and O–H groups in total. The molecule has 1 amide bonds. The van der Waals surface area contributed by atoms with Crippen LogP contribution in [0, 0.1) is 0 Å². The van der Waals surface area contributed by atoms with Gasteiger partial charge in [-0.25, -0.2) is 9.79 Å². The number of hydrogen-bond donors (Lipinski definition) is 1. The Hall–Kier alpha value is -3.06. The van der Waals surface area contributed by atoms with Gasteiger partial charge in [-0.2, -0.15) is 0 Å². The molecule has 0 aliphatic carbocycles. The van der Waals surface area contributed by atoms with E-state index in [1.807, 2.05) is 0 Å². The molecule has 0 bridgehead atoms. The van der Waals surface area contributed by atoms with E-state index in [1.54, 1.807) is 55.5 Å². The minimum atomic E-state index is -0.736. The third kappa shape index (κ3) is 3.78. The van der Waals surface area contributed by atoms with E-state index < -0.39 is 11.9 Å². The first-order valence-electron chi connectivity index (χ1n) is 7.82. The average Bonchev–Trinajstić information content (AvgIpc) is 3.25. The van der Waals surface area contributed by atoms with E-state index in [1.165, 1.54) is 6.26 Å². The third-order valence-electron chi connectivity index (χ3n) is 3.41. The summed E-state index contributed by atoms with van der Waals surface area (Å²) >= 11 is 1.01. The SMILES string of the molecule is CCOC(=O)C1=C(O)C(=Cc2ccco2)SC1=NC(=O)c1ccccc1. The Balaban J connectivity index is 1.99. The van der Waals surface area contributed by atoms with Crippen LogP contribution in [0.4, 0.5) is 0 Å². The summed E-state index contributed by atoms with van der Waals surface area (Å²) in [5.74, 6) is -1.04. The van der Waals surface area contributed by atoms with Gasteiger partial charge in [-0.15, -0.1) is 0 Å². The van der Waals surface area contributed by atoms with Crippen LogP contribution in [-0.2, 0) is 9.53 Å². The van der Waals surface area contributed by atoms with Crippen LogP contribution < -0.4 is 0 Å². The summed E-state index contributed by atoms with van der Waals surface area (Å²) in [6, 6.07) is 11.9. The van der Waals surface area contributed by atoms with Gasteiger partial charge >= 0.3 is 5.97 Å². The fourth-order valence-electron chi connectivity index (χ4n) is 2.23. The number of carbonyl (C=O) groups excluding carboxylic acids is 2. The highest BCUT2D eigenvalue weighted by molar-refractivity contribution is 8.18. The molecule has 0 spiro atoms. The Kier molecular flexibility index (Phi) is 5.38. The van der Waals surface area contributed by atoms with Gasteiger partial charge in [0.05, 0.1) is 17.8 Å². The van der Waals surface area contributed by atoms with Crippen molar-refractivity contribution in [3.8, 4) is 0 Å². The number of aliphatic hydroxyl groups excluding tert-OH is 1. The average molecular weight is 369 g/mol. The monoisotopic (exact) mass is 369 g/mol. The van der Waals surface area contributed by atoms with Crippen molar-refractivity contribution in [1.82, 2.24) is 0 Å². The molecule has 7 heteroatoms. The number of ether oxygens (including phenoxy) is 1. The summed E-state index contributed by atoms with van der Waals surface area (Å²) < 4.78 is 10.2. The molecule has 3 rings (SSSR count). The summed E-state index contributed by atoms with van der Waals surface area (Å²) in [4.78, 5) is 29.0. The predicted molar refractivity (Wildman–Crippen MR) is 98.8 cm³/mol. The van der Waals surface area contributed by atoms with Gasteiger partial charge in [-0.3, -0.25) is 4.79 Å². The van der Waals surface area contributed by atoms with Crippen molar-refractivity contribution < 1.29 is 23.8 Å². The lowest BCUT2D eigenvalue weighted by molar-refractivity contribution is -0.138. The van der Waals surface area contributed by atoms with Crippen LogP contribution in [0.15, 0.2) is 74.4 Å². The van der Waals surface area contributed by atoms with Gasteiger partial charge in [-0.05, 0) is 37.3 Å². The zero-order valence-electron chi connectivity index (χ0n) is 13.8. The second-order valence-electron chi connectivity index (χ2n) is 5.16. The first-order chi connectivity index (χ1) is 12.6. The molecule has 0 saturated carbocycles. The summed E-state index contributed by atoms with van der Waals surface area (Å²) in [6.07, 6.45) is 3.06. The van der Waals surface area contributed by atoms with Crippen LogP contribution in [0.1, 0.15) is 23.0 Å². The van der Waals surface area contributed by atoms with Crippen molar-refractivity contribution in [2.24, 2.45) is 4.99 Å². The van der Waals surface area contributed by atoms with Crippen molar-refractivity contribution in [3.05, 3.63) is 76.3 Å². The topological polar surface area (TPSA) is 89.1 Å². The number of aliphatic imine (C=N–C) groups is 1. The molecule has 2 heterocycles. The maximum atomic E-state index is 12.4. The minimum Gasteiger partial charge on any atom is -0.506 e. The van der Waals surface area contributed by atoms with Gasteiger partial charge < -0.3 is 14.3 Å². The molecule has 2 aromatic rings. The highest BCUT2D eigenvalue weighted by Gasteiger charge is 2.34. The standard InChI is InChI=1S/C19H15NO5S/c1-2-24-19(23)15-16(21)14(11-13-9-6-10-25-13)26-18(15)20-17(22)12-7-4-3-5-8-12/h3-11,21H,2H2,1H3. The number of hydrogen-bond acceptors (Lipinski definition) is 6. The van der Waals surface area contributed by atoms with Crippen LogP contribution in [0.25, 0.3) is 6.08 Å². The Labute approximate surface area is 153 Å². The van der Waals surface area contributed by atoms with Gasteiger partial charge in [0.1, 0.15) is 22.1 Å². The number of furan rings is 1. The van der Waals surface area contributed by atoms with E-state index in [2.05, 4.69) is 4.99 Å². The van der Waals surface area contributed by atoms with E-state index >= 15 is 0 Å². The largest absolute Gasteiger partial charge is 0.506 e. The Morgan fingerprint density at radius 1 is 1.23 bits per heavy atom. The zero-order valence-corrected chi connectivity index (χ0v) is 14.7. The molecule has 1 aromatic heterocycles. The fourth-order valence-corrected chi connectivity index (χ4v) is 3.22. The van der Waals surface area contributed by atoms with Gasteiger partial charge in [0.25, 0.3) is 5.91 Å². The van der Waals surface area contributed by atoms with Crippen molar-refractivity contribution in [2.75, 3.05) is 6.61 Å². The van der Waals surface area contributed by atoms with Crippen LogP contribution in [0.5, 0.6) is 0 Å². The molecular weight excluding hydrogens is 354 g/mol. The van der Waals surface area contributed by atoms with Crippen molar-refractivity contribution >= 4 is 34.8 Å². The van der Waals surface area contributed by atoms with E-state index in [9.17, 15) is 14.7 Å². The molecule has 6 nitrogen and oxygen atoms in total. The van der Waals surface area contributed by atoms with Crippen molar-refractivity contribution in [2.45, 2.75) is 6.92 Å². The number of thioether (sulfide) groups is 1. The van der Waals surface area contributed by atoms with Gasteiger partial charge in [0.2, 0.25) is 0 Å². The Bertz CT molecular complexity index is 911. The molecule has 0 radical (unpaired) electrons. The van der Waals surface area contributed by atoms with E-state index in [-0.39, 0.29) is 23.0 Å². The number of amides is 1. The highest BCUT2D eigenvalue weighted by atomic mass is 32.2. The number of benzene rings is 1. The first-order valence-corrected chi connectivity index (χ1v) is 8.64. The predicted octanol–water partition coefficient (Wildman–Crippen LogP) is 3.98. The molecule has 26 heavy (non-hydrogen) atoms. The Morgan fingerprint density at radius 3 is 2.65 bits per heavy atom. The van der Waals surface area contributed by atoms with Crippen LogP contribution in [-0.4, -0.2) is 28.6 Å². The lowest BCUT2D eigenvalue weighted by atomic mass is 10.2. The summed E-state index contributed by atoms with van der Waals surface area (Å²) in [6.45, 7) is 1.79. The smallest absolute Gasteiger partial charge is 0.344 e. The van der Waals surface area contributed by atoms with E-state index in [0.717, 1.165) is 11.8 Å². The molecule has 1 aromatic carbocycles. The minimum absolute atomic E-state index is 0.0904. The molecule has 0 atom stereocenters. The van der Waals surface area contributed by atoms with Crippen molar-refractivity contribution in [3.63, 3.8) is 0 Å². The third-order valence-corrected chi connectivity index (χ3v) is 4.43. The molecule has 0 saturated heterocycles. The molecule has 0 fully saturated rings. The Morgan fingerprint density at radius 2 is 2.00 bits per heavy atom. The maximum Gasteiger partial charge on any atom is 0.344 e. The van der Waals surface area contributed by atoms with Gasteiger partial charge in [0.15, 0.2) is 0 Å². The highest BCUT2D eigenvalue weighted by Crippen LogP contribution is 2.39. The van der Waals surface area contributed by atoms with E-state index in [0.29, 0.717) is 16.2 Å². The lowest BCUT2D eigenvalue weighted by Gasteiger charge is -2.03. The first kappa shape index (κ1) is 17.8. The molecular formula is C19H15NO5S. The molecule has 1 aliphatic rings. The normalized spacial score (nSPS) is 17.1. The van der Waals surface area contributed by atoms with Gasteiger partial charge in [-0.1, -0.05) is 30.0 Å². The second kappa shape index (κ2) is 7.88. The summed E-state index contributed by atoms with van der Waals surface area (Å²) in [5.41, 5.74) is 0.255. The number of carbonyl (C=O) groups is 2. The summed E-state index contributed by atoms with van der Waals surface area (Å²) in [7, 11) is 0. The lowest BCUT2D eigenvalue weighted by Crippen LogP contribution is -2.14. The zero-order chi connectivity index (χ0) is 18.5. The van der Waals surface area contributed by atoms with Crippen LogP contribution in [0.2, 0.25) is 0 Å². The second-order valence-corrected chi connectivity index (χ2v) is 6.19. The molecule has 0 unspecified atom stereocenters. The van der Waals surface area contributed by atoms with Gasteiger partial charge in [0, 0.05) is 5.56 Å². The maximum absolute atomic E-state index is 12.4. The molecule has 1 aliphatic heterocycles. The fraction of sp³-hybridized carbons (Fsp3) is 0.105. The van der Waals surface area contributed by atoms with Crippen molar-refractivity contribution in [1.29, 1.82) is 0 Å². The summed E-state index contributed by atoms with van der Waals surface area (Å²) in [5, 5.41) is 10.5. The number of nitrogens with zero attached hydrogens (tertiary/aromatic N) is 1. The van der Waals surface area contributed by atoms with Crippen LogP contribution in [0.3, 0.4) is 0 Å².